The predicted molar refractivity (Wildman–Crippen MR) is 81.1 cm³/mol. The van der Waals surface area contributed by atoms with Gasteiger partial charge in [-0.1, -0.05) is 18.5 Å². The molecule has 6 heteroatoms. The molecule has 0 spiro atoms. The molecule has 0 bridgehead atoms. The van der Waals surface area contributed by atoms with Crippen LogP contribution >= 0.6 is 11.6 Å². The smallest absolute Gasteiger partial charge is 0.257 e. The molecule has 21 heavy (non-hydrogen) atoms. The molecule has 0 saturated heterocycles. The van der Waals surface area contributed by atoms with E-state index >= 15 is 0 Å². The van der Waals surface area contributed by atoms with Crippen molar-refractivity contribution in [2.24, 2.45) is 0 Å². The Morgan fingerprint density at radius 3 is 2.86 bits per heavy atom. The van der Waals surface area contributed by atoms with E-state index < -0.39 is 0 Å². The summed E-state index contributed by atoms with van der Waals surface area (Å²) < 4.78 is 5.46. The number of carbonyl (C=O) groups is 1. The Labute approximate surface area is 127 Å². The highest BCUT2D eigenvalue weighted by Crippen LogP contribution is 2.28. The molecule has 110 valence electrons. The average Bonchev–Trinajstić information content (AvgIpc) is 2.46. The highest BCUT2D eigenvalue weighted by atomic mass is 35.5. The molecular weight excluding hydrogens is 292 g/mol. The number of hydrogen-bond donors (Lipinski definition) is 2. The Morgan fingerprint density at radius 2 is 2.19 bits per heavy atom. The van der Waals surface area contributed by atoms with Gasteiger partial charge in [0, 0.05) is 11.9 Å². The van der Waals surface area contributed by atoms with Crippen LogP contribution < -0.4 is 10.1 Å². The summed E-state index contributed by atoms with van der Waals surface area (Å²) in [4.78, 5) is 15.8. The first kappa shape index (κ1) is 15.1. The van der Waals surface area contributed by atoms with Gasteiger partial charge in [-0.05, 0) is 30.7 Å². The van der Waals surface area contributed by atoms with Crippen LogP contribution in [0.25, 0.3) is 0 Å². The van der Waals surface area contributed by atoms with Crippen LogP contribution in [0.1, 0.15) is 23.7 Å². The van der Waals surface area contributed by atoms with Crippen LogP contribution in [0, 0.1) is 0 Å². The third kappa shape index (κ3) is 4.10. The second-order valence-corrected chi connectivity index (χ2v) is 4.79. The molecule has 0 saturated carbocycles. The molecule has 5 nitrogen and oxygen atoms in total. The van der Waals surface area contributed by atoms with E-state index in [4.69, 9.17) is 16.3 Å². The summed E-state index contributed by atoms with van der Waals surface area (Å²) in [6, 6.07) is 6.35. The monoisotopic (exact) mass is 306 g/mol. The fourth-order valence-corrected chi connectivity index (χ4v) is 1.90. The van der Waals surface area contributed by atoms with Crippen LogP contribution in [0.4, 0.5) is 5.69 Å². The summed E-state index contributed by atoms with van der Waals surface area (Å²) in [7, 11) is 0. The van der Waals surface area contributed by atoms with Crippen molar-refractivity contribution in [2.75, 3.05) is 11.9 Å². The zero-order valence-corrected chi connectivity index (χ0v) is 12.2. The van der Waals surface area contributed by atoms with Crippen molar-refractivity contribution >= 4 is 23.2 Å². The Kier molecular flexibility index (Phi) is 5.00. The molecule has 0 atom stereocenters. The second-order valence-electron chi connectivity index (χ2n) is 4.38. The molecule has 2 aromatic rings. The van der Waals surface area contributed by atoms with Crippen molar-refractivity contribution in [2.45, 2.75) is 13.3 Å². The van der Waals surface area contributed by atoms with Crippen LogP contribution in [0.2, 0.25) is 5.02 Å². The van der Waals surface area contributed by atoms with Crippen LogP contribution in [0.3, 0.4) is 0 Å². The normalized spacial score (nSPS) is 10.2. The maximum absolute atomic E-state index is 12.0. The molecule has 0 aliphatic heterocycles. The van der Waals surface area contributed by atoms with E-state index in [1.165, 1.54) is 18.5 Å². The molecule has 0 unspecified atom stereocenters. The van der Waals surface area contributed by atoms with Gasteiger partial charge in [0.2, 0.25) is 0 Å². The molecule has 1 aromatic heterocycles. The highest BCUT2D eigenvalue weighted by Gasteiger charge is 2.09. The standard InChI is InChI=1S/C15H15ClN2O3/c1-2-5-21-14-4-3-11(7-13(14)16)18-15(20)10-6-12(19)9-17-8-10/h3-4,6-9,19H,2,5H2,1H3,(H,18,20). The van der Waals surface area contributed by atoms with Gasteiger partial charge in [-0.25, -0.2) is 0 Å². The van der Waals surface area contributed by atoms with Crippen molar-refractivity contribution in [1.29, 1.82) is 0 Å². The summed E-state index contributed by atoms with van der Waals surface area (Å²) in [6.07, 6.45) is 3.52. The SMILES string of the molecule is CCCOc1ccc(NC(=O)c2cncc(O)c2)cc1Cl. The molecule has 1 heterocycles. The molecule has 1 amide bonds. The summed E-state index contributed by atoms with van der Waals surface area (Å²) in [5, 5.41) is 12.4. The maximum Gasteiger partial charge on any atom is 0.257 e. The molecule has 0 radical (unpaired) electrons. The topological polar surface area (TPSA) is 71.5 Å². The Hall–Kier alpha value is -2.27. The lowest BCUT2D eigenvalue weighted by molar-refractivity contribution is 0.102. The number of hydrogen-bond acceptors (Lipinski definition) is 4. The van der Waals surface area contributed by atoms with Gasteiger partial charge in [0.05, 0.1) is 23.4 Å². The summed E-state index contributed by atoms with van der Waals surface area (Å²) >= 11 is 6.09. The molecule has 0 aliphatic rings. The lowest BCUT2D eigenvalue weighted by atomic mass is 10.2. The van der Waals surface area contributed by atoms with Crippen molar-refractivity contribution in [3.05, 3.63) is 47.2 Å². The number of ether oxygens (including phenoxy) is 1. The van der Waals surface area contributed by atoms with Gasteiger partial charge in [0.1, 0.15) is 11.5 Å². The van der Waals surface area contributed by atoms with Crippen molar-refractivity contribution < 1.29 is 14.6 Å². The third-order valence-corrected chi connectivity index (χ3v) is 2.93. The highest BCUT2D eigenvalue weighted by molar-refractivity contribution is 6.32. The lowest BCUT2D eigenvalue weighted by Gasteiger charge is -2.10. The second kappa shape index (κ2) is 6.95. The number of benzene rings is 1. The van der Waals surface area contributed by atoms with Crippen LogP contribution in [-0.2, 0) is 0 Å². The van der Waals surface area contributed by atoms with E-state index in [1.54, 1.807) is 18.2 Å². The first-order chi connectivity index (χ1) is 10.1. The van der Waals surface area contributed by atoms with Gasteiger partial charge in [-0.3, -0.25) is 9.78 Å². The largest absolute Gasteiger partial charge is 0.506 e. The molecule has 2 N–H and O–H groups in total. The van der Waals surface area contributed by atoms with Gasteiger partial charge < -0.3 is 15.2 Å². The van der Waals surface area contributed by atoms with Crippen molar-refractivity contribution in [1.82, 2.24) is 4.98 Å². The zero-order chi connectivity index (χ0) is 15.2. The predicted octanol–water partition coefficient (Wildman–Crippen LogP) is 3.48. The molecule has 2 rings (SSSR count). The van der Waals surface area contributed by atoms with Crippen LogP contribution in [0.5, 0.6) is 11.5 Å². The number of amides is 1. The Balaban J connectivity index is 2.09. The molecule has 1 aromatic carbocycles. The minimum absolute atomic E-state index is 0.0657. The zero-order valence-electron chi connectivity index (χ0n) is 11.5. The summed E-state index contributed by atoms with van der Waals surface area (Å²) in [6.45, 7) is 2.59. The lowest BCUT2D eigenvalue weighted by Crippen LogP contribution is -2.12. The van der Waals surface area contributed by atoms with E-state index in [2.05, 4.69) is 10.3 Å². The van der Waals surface area contributed by atoms with E-state index in [9.17, 15) is 9.90 Å². The van der Waals surface area contributed by atoms with Gasteiger partial charge in [-0.15, -0.1) is 0 Å². The Morgan fingerprint density at radius 1 is 1.38 bits per heavy atom. The molecule has 0 aliphatic carbocycles. The number of carbonyl (C=O) groups excluding carboxylic acids is 1. The Bertz CT molecular complexity index is 647. The quantitative estimate of drug-likeness (QED) is 0.887. The number of rotatable bonds is 5. The number of nitrogens with one attached hydrogen (secondary N) is 1. The van der Waals surface area contributed by atoms with E-state index in [0.29, 0.717) is 23.1 Å². The summed E-state index contributed by atoms with van der Waals surface area (Å²) in [5.74, 6) is 0.135. The number of nitrogens with zero attached hydrogens (tertiary/aromatic N) is 1. The van der Waals surface area contributed by atoms with E-state index in [1.807, 2.05) is 6.92 Å². The molecule has 0 fully saturated rings. The van der Waals surface area contributed by atoms with Gasteiger partial charge in [0.25, 0.3) is 5.91 Å². The number of aromatic hydroxyl groups is 1. The maximum atomic E-state index is 12.0. The number of anilines is 1. The number of pyridine rings is 1. The first-order valence-corrected chi connectivity index (χ1v) is 6.85. The molecular formula is C15H15ClN2O3. The van der Waals surface area contributed by atoms with Crippen molar-refractivity contribution in [3.63, 3.8) is 0 Å². The van der Waals surface area contributed by atoms with Gasteiger partial charge in [-0.2, -0.15) is 0 Å². The minimum atomic E-state index is -0.378. The average molecular weight is 307 g/mol. The van der Waals surface area contributed by atoms with E-state index in [0.717, 1.165) is 6.42 Å². The fourth-order valence-electron chi connectivity index (χ4n) is 1.66. The van der Waals surface area contributed by atoms with Gasteiger partial charge >= 0.3 is 0 Å². The van der Waals surface area contributed by atoms with E-state index in [-0.39, 0.29) is 17.2 Å². The third-order valence-electron chi connectivity index (χ3n) is 2.64. The minimum Gasteiger partial charge on any atom is -0.506 e. The van der Waals surface area contributed by atoms with Gasteiger partial charge in [0.15, 0.2) is 0 Å². The number of halogens is 1. The van der Waals surface area contributed by atoms with Crippen molar-refractivity contribution in [3.8, 4) is 11.5 Å². The first-order valence-electron chi connectivity index (χ1n) is 6.48. The van der Waals surface area contributed by atoms with Crippen LogP contribution in [0.15, 0.2) is 36.7 Å². The fraction of sp³-hybridized carbons (Fsp3) is 0.200. The summed E-state index contributed by atoms with van der Waals surface area (Å²) in [5.41, 5.74) is 0.801. The van der Waals surface area contributed by atoms with Crippen LogP contribution in [-0.4, -0.2) is 22.6 Å². The number of aromatic nitrogens is 1.